The Balaban J connectivity index is 1.71. The Morgan fingerprint density at radius 2 is 2.00 bits per heavy atom. The highest BCUT2D eigenvalue weighted by Crippen LogP contribution is 2.35. The molecule has 186 valence electrons. The average molecular weight is 496 g/mol. The first kappa shape index (κ1) is 24.3. The summed E-state index contributed by atoms with van der Waals surface area (Å²) in [5.41, 5.74) is 4.06. The predicted octanol–water partition coefficient (Wildman–Crippen LogP) is 4.81. The lowest BCUT2D eigenvalue weighted by Crippen LogP contribution is -2.38. The van der Waals surface area contributed by atoms with Crippen LogP contribution >= 0.6 is 0 Å². The van der Waals surface area contributed by atoms with Crippen LogP contribution < -0.4 is 5.32 Å². The van der Waals surface area contributed by atoms with Crippen molar-refractivity contribution >= 4 is 16.8 Å². The van der Waals surface area contributed by atoms with Crippen LogP contribution in [0.15, 0.2) is 54.9 Å². The van der Waals surface area contributed by atoms with Crippen molar-refractivity contribution in [2.24, 2.45) is 0 Å². The van der Waals surface area contributed by atoms with E-state index in [4.69, 9.17) is 0 Å². The molecule has 0 spiro atoms. The van der Waals surface area contributed by atoms with Crippen LogP contribution in [0, 0.1) is 24.1 Å². The van der Waals surface area contributed by atoms with Gasteiger partial charge in [-0.25, -0.2) is 9.37 Å². The fourth-order valence-corrected chi connectivity index (χ4v) is 4.95. The van der Waals surface area contributed by atoms with Gasteiger partial charge in [-0.15, -0.1) is 0 Å². The number of benzene rings is 2. The Kier molecular flexibility index (Phi) is 6.55. The van der Waals surface area contributed by atoms with E-state index in [9.17, 15) is 19.6 Å². The molecule has 2 aromatic heterocycles. The molecule has 0 unspecified atom stereocenters. The second kappa shape index (κ2) is 9.96. The SMILES string of the molecule is Cc1cc(F)cc(-c2cnc3ccc(-c4cc(C#N)cnc4O)cc3c2C(=O)N(C)C[C@@H]2CCCN2)c1. The minimum Gasteiger partial charge on any atom is -0.493 e. The summed E-state index contributed by atoms with van der Waals surface area (Å²) in [6.45, 7) is 3.27. The maximum absolute atomic E-state index is 14.4. The van der Waals surface area contributed by atoms with Crippen LogP contribution in [0.3, 0.4) is 0 Å². The van der Waals surface area contributed by atoms with Crippen molar-refractivity contribution in [1.29, 1.82) is 5.26 Å². The Bertz CT molecular complexity index is 1540. The minimum absolute atomic E-state index is 0.205. The molecule has 37 heavy (non-hydrogen) atoms. The quantitative estimate of drug-likeness (QED) is 0.412. The topological polar surface area (TPSA) is 102 Å². The number of aromatic hydroxyl groups is 1. The second-order valence-electron chi connectivity index (χ2n) is 9.48. The van der Waals surface area contributed by atoms with Gasteiger partial charge < -0.3 is 15.3 Å². The molecule has 0 bridgehead atoms. The molecule has 4 aromatic rings. The number of nitrogens with one attached hydrogen (secondary N) is 1. The summed E-state index contributed by atoms with van der Waals surface area (Å²) in [7, 11) is 1.77. The molecule has 1 saturated heterocycles. The summed E-state index contributed by atoms with van der Waals surface area (Å²) in [5.74, 6) is -0.820. The van der Waals surface area contributed by atoms with Crippen LogP contribution in [0.2, 0.25) is 0 Å². The van der Waals surface area contributed by atoms with Gasteiger partial charge in [0.2, 0.25) is 5.88 Å². The molecule has 8 heteroatoms. The summed E-state index contributed by atoms with van der Waals surface area (Å²) >= 11 is 0. The van der Waals surface area contributed by atoms with E-state index in [0.29, 0.717) is 50.8 Å². The Labute approximate surface area is 214 Å². The second-order valence-corrected chi connectivity index (χ2v) is 9.48. The van der Waals surface area contributed by atoms with Gasteiger partial charge in [0, 0.05) is 48.5 Å². The van der Waals surface area contributed by atoms with Crippen LogP contribution in [-0.2, 0) is 0 Å². The van der Waals surface area contributed by atoms with Gasteiger partial charge in [-0.2, -0.15) is 5.26 Å². The van der Waals surface area contributed by atoms with Crippen molar-refractivity contribution in [2.45, 2.75) is 25.8 Å². The lowest BCUT2D eigenvalue weighted by molar-refractivity contribution is 0.0786. The van der Waals surface area contributed by atoms with Gasteiger partial charge in [-0.05, 0) is 73.3 Å². The van der Waals surface area contributed by atoms with Crippen molar-refractivity contribution in [3.63, 3.8) is 0 Å². The van der Waals surface area contributed by atoms with Gasteiger partial charge in [0.05, 0.1) is 16.6 Å². The predicted molar refractivity (Wildman–Crippen MR) is 139 cm³/mol. The number of aryl methyl sites for hydroxylation is 1. The van der Waals surface area contributed by atoms with Crippen LogP contribution in [0.25, 0.3) is 33.2 Å². The summed E-state index contributed by atoms with van der Waals surface area (Å²) in [5, 5.41) is 23.7. The molecular formula is C29H26FN5O2. The van der Waals surface area contributed by atoms with Crippen LogP contribution in [0.1, 0.15) is 34.3 Å². The Morgan fingerprint density at radius 3 is 2.73 bits per heavy atom. The van der Waals surface area contributed by atoms with E-state index < -0.39 is 5.82 Å². The molecule has 1 amide bonds. The van der Waals surface area contributed by atoms with Crippen LogP contribution in [0.4, 0.5) is 4.39 Å². The molecule has 1 atom stereocenters. The summed E-state index contributed by atoms with van der Waals surface area (Å²) in [6.07, 6.45) is 4.98. The van der Waals surface area contributed by atoms with E-state index in [1.54, 1.807) is 49.3 Å². The van der Waals surface area contributed by atoms with E-state index in [1.807, 2.05) is 12.1 Å². The monoisotopic (exact) mass is 495 g/mol. The lowest BCUT2D eigenvalue weighted by Gasteiger charge is -2.24. The fraction of sp³-hybridized carbons (Fsp3) is 0.241. The van der Waals surface area contributed by atoms with Crippen molar-refractivity contribution in [1.82, 2.24) is 20.2 Å². The first-order valence-electron chi connectivity index (χ1n) is 12.1. The highest BCUT2D eigenvalue weighted by atomic mass is 19.1. The lowest BCUT2D eigenvalue weighted by atomic mass is 9.93. The zero-order valence-electron chi connectivity index (χ0n) is 20.6. The van der Waals surface area contributed by atoms with E-state index in [-0.39, 0.29) is 17.8 Å². The normalized spacial score (nSPS) is 15.0. The summed E-state index contributed by atoms with van der Waals surface area (Å²) in [6, 6.07) is 13.8. The molecule has 0 aliphatic carbocycles. The number of hydrogen-bond acceptors (Lipinski definition) is 6. The van der Waals surface area contributed by atoms with E-state index >= 15 is 0 Å². The molecular weight excluding hydrogens is 469 g/mol. The number of nitriles is 1. The van der Waals surface area contributed by atoms with Crippen molar-refractivity contribution < 1.29 is 14.3 Å². The van der Waals surface area contributed by atoms with Gasteiger partial charge in [0.25, 0.3) is 5.91 Å². The number of nitrogens with zero attached hydrogens (tertiary/aromatic N) is 4. The summed E-state index contributed by atoms with van der Waals surface area (Å²) in [4.78, 5) is 24.2. The minimum atomic E-state index is -0.393. The molecule has 2 aromatic carbocycles. The third kappa shape index (κ3) is 4.86. The smallest absolute Gasteiger partial charge is 0.255 e. The standard InChI is InChI=1S/C29H26FN5O2/c1-17-8-20(11-21(30)9-17)25-15-33-26-6-5-19(23-10-18(13-31)14-34-28(23)36)12-24(26)27(25)29(37)35(2)16-22-4-3-7-32-22/h5-6,8-12,14-15,22,32H,3-4,7,16H2,1-2H3,(H,34,36)/t22-/m0/s1. The van der Waals surface area contributed by atoms with Crippen molar-refractivity contribution in [2.75, 3.05) is 20.1 Å². The van der Waals surface area contributed by atoms with Crippen molar-refractivity contribution in [3.05, 3.63) is 77.4 Å². The molecule has 0 saturated carbocycles. The van der Waals surface area contributed by atoms with Crippen molar-refractivity contribution in [3.8, 4) is 34.2 Å². The number of likely N-dealkylation sites (N-methyl/N-ethyl adjacent to an activating group) is 1. The highest BCUT2D eigenvalue weighted by Gasteiger charge is 2.25. The van der Waals surface area contributed by atoms with Gasteiger partial charge in [-0.1, -0.05) is 12.1 Å². The number of halogens is 1. The van der Waals surface area contributed by atoms with Gasteiger partial charge in [-0.3, -0.25) is 9.78 Å². The first-order chi connectivity index (χ1) is 17.8. The Hall–Kier alpha value is -4.35. The van der Waals surface area contributed by atoms with Crippen LogP contribution in [-0.4, -0.2) is 52.1 Å². The molecule has 7 nitrogen and oxygen atoms in total. The zero-order valence-corrected chi connectivity index (χ0v) is 20.6. The molecule has 2 N–H and O–H groups in total. The molecule has 1 aliphatic rings. The third-order valence-corrected chi connectivity index (χ3v) is 6.75. The number of hydrogen-bond donors (Lipinski definition) is 2. The average Bonchev–Trinajstić information content (AvgIpc) is 3.40. The van der Waals surface area contributed by atoms with Crippen LogP contribution in [0.5, 0.6) is 5.88 Å². The molecule has 1 aliphatic heterocycles. The molecule has 3 heterocycles. The number of fused-ring (bicyclic) bond motifs is 1. The van der Waals surface area contributed by atoms with E-state index in [2.05, 4.69) is 15.3 Å². The van der Waals surface area contributed by atoms with E-state index in [1.165, 1.54) is 18.3 Å². The number of aromatic nitrogens is 2. The number of carbonyl (C=O) groups is 1. The summed E-state index contributed by atoms with van der Waals surface area (Å²) < 4.78 is 14.4. The van der Waals surface area contributed by atoms with Gasteiger partial charge >= 0.3 is 0 Å². The van der Waals surface area contributed by atoms with Gasteiger partial charge in [0.1, 0.15) is 11.9 Å². The number of rotatable bonds is 5. The van der Waals surface area contributed by atoms with E-state index in [0.717, 1.165) is 24.9 Å². The largest absolute Gasteiger partial charge is 0.493 e. The highest BCUT2D eigenvalue weighted by molar-refractivity contribution is 6.12. The molecule has 5 rings (SSSR count). The number of pyridine rings is 2. The van der Waals surface area contributed by atoms with Gasteiger partial charge in [0.15, 0.2) is 0 Å². The Morgan fingerprint density at radius 1 is 1.16 bits per heavy atom. The first-order valence-corrected chi connectivity index (χ1v) is 12.1. The molecule has 1 fully saturated rings. The number of carbonyl (C=O) groups excluding carboxylic acids is 1. The maximum atomic E-state index is 14.4. The number of amides is 1. The fourth-order valence-electron chi connectivity index (χ4n) is 4.95. The third-order valence-electron chi connectivity index (χ3n) is 6.75. The molecule has 0 radical (unpaired) electrons. The zero-order chi connectivity index (χ0) is 26.1. The maximum Gasteiger partial charge on any atom is 0.255 e.